The van der Waals surface area contributed by atoms with Crippen LogP contribution in [0.15, 0.2) is 204 Å². The van der Waals surface area contributed by atoms with Gasteiger partial charge in [-0.3, -0.25) is 4.99 Å². The van der Waals surface area contributed by atoms with Crippen LogP contribution in [-0.4, -0.2) is 10.3 Å². The molecule has 304 valence electrons. The molecule has 2 aromatic heterocycles. The lowest BCUT2D eigenvalue weighted by Crippen LogP contribution is -2.22. The summed E-state index contributed by atoms with van der Waals surface area (Å²) in [6.45, 7) is 2.43. The van der Waals surface area contributed by atoms with Crippen LogP contribution in [0.25, 0.3) is 92.5 Å². The Morgan fingerprint density at radius 3 is 2.00 bits per heavy atom. The van der Waals surface area contributed by atoms with Gasteiger partial charge in [0.05, 0.1) is 22.8 Å². The molecule has 12 aromatic rings. The number of benzene rings is 10. The van der Waals surface area contributed by atoms with Crippen LogP contribution in [0.5, 0.6) is 0 Å². The van der Waals surface area contributed by atoms with E-state index in [0.29, 0.717) is 11.8 Å². The van der Waals surface area contributed by atoms with Gasteiger partial charge in [-0.25, -0.2) is 0 Å². The van der Waals surface area contributed by atoms with E-state index >= 15 is 0 Å². The molecule has 1 aliphatic heterocycles. The largest absolute Gasteiger partial charge is 0.456 e. The topological polar surface area (TPSA) is 30.4 Å². The van der Waals surface area contributed by atoms with Crippen LogP contribution in [0, 0.1) is 17.8 Å². The van der Waals surface area contributed by atoms with Crippen LogP contribution < -0.4 is 0 Å². The molecular formula is C61H44N2O. The van der Waals surface area contributed by atoms with Crippen molar-refractivity contribution in [2.24, 2.45) is 22.7 Å². The summed E-state index contributed by atoms with van der Waals surface area (Å²) in [5, 5.41) is 15.2. The molecule has 0 bridgehead atoms. The third-order valence-corrected chi connectivity index (χ3v) is 15.0. The lowest BCUT2D eigenvalue weighted by atomic mass is 9.78. The zero-order valence-corrected chi connectivity index (χ0v) is 35.6. The van der Waals surface area contributed by atoms with E-state index < -0.39 is 0 Å². The number of rotatable bonds is 4. The van der Waals surface area contributed by atoms with Crippen molar-refractivity contribution < 1.29 is 4.42 Å². The van der Waals surface area contributed by atoms with Crippen molar-refractivity contribution in [2.75, 3.05) is 0 Å². The summed E-state index contributed by atoms with van der Waals surface area (Å²) in [4.78, 5) is 5.93. The lowest BCUT2D eigenvalue weighted by molar-refractivity contribution is 0.442. The molecule has 3 heterocycles. The molecule has 0 amide bonds. The quantitative estimate of drug-likeness (QED) is 0.163. The minimum absolute atomic E-state index is 0.0398. The van der Waals surface area contributed by atoms with Crippen LogP contribution in [0.1, 0.15) is 48.4 Å². The van der Waals surface area contributed by atoms with E-state index in [-0.39, 0.29) is 17.9 Å². The Balaban J connectivity index is 0.988. The third-order valence-electron chi connectivity index (χ3n) is 15.0. The van der Waals surface area contributed by atoms with Gasteiger partial charge in [0.2, 0.25) is 0 Å². The summed E-state index contributed by atoms with van der Waals surface area (Å²) < 4.78 is 9.40. The Morgan fingerprint density at radius 2 is 1.14 bits per heavy atom. The summed E-state index contributed by atoms with van der Waals surface area (Å²) in [6, 6.07) is 72.1. The smallest absolute Gasteiger partial charge is 0.137 e. The fourth-order valence-corrected chi connectivity index (χ4v) is 11.9. The molecule has 2 aliphatic rings. The molecular weight excluding hydrogens is 777 g/mol. The van der Waals surface area contributed by atoms with E-state index in [1.165, 1.54) is 98.1 Å². The first-order valence-corrected chi connectivity index (χ1v) is 23.0. The second-order valence-corrected chi connectivity index (χ2v) is 18.7. The average molecular weight is 821 g/mol. The Bertz CT molecular complexity index is 3920. The number of aromatic nitrogens is 1. The van der Waals surface area contributed by atoms with Crippen molar-refractivity contribution in [1.29, 1.82) is 0 Å². The molecule has 3 unspecified atom stereocenters. The van der Waals surface area contributed by atoms with Crippen LogP contribution in [0.3, 0.4) is 0 Å². The molecule has 0 spiro atoms. The van der Waals surface area contributed by atoms with E-state index in [9.17, 15) is 0 Å². The van der Waals surface area contributed by atoms with Gasteiger partial charge >= 0.3 is 0 Å². The number of hydrogen-bond acceptors (Lipinski definition) is 2. The van der Waals surface area contributed by atoms with Gasteiger partial charge in [-0.2, -0.15) is 0 Å². The highest BCUT2D eigenvalue weighted by Gasteiger charge is 2.51. The van der Waals surface area contributed by atoms with Gasteiger partial charge in [0.25, 0.3) is 0 Å². The molecule has 0 saturated heterocycles. The maximum atomic E-state index is 6.90. The van der Waals surface area contributed by atoms with Gasteiger partial charge in [-0.15, -0.1) is 0 Å². The van der Waals surface area contributed by atoms with Crippen molar-refractivity contribution in [2.45, 2.75) is 31.7 Å². The number of furan rings is 1. The maximum Gasteiger partial charge on any atom is 0.137 e. The van der Waals surface area contributed by atoms with Crippen molar-refractivity contribution >= 4 is 92.5 Å². The zero-order chi connectivity index (χ0) is 42.0. The third kappa shape index (κ3) is 5.50. The highest BCUT2D eigenvalue weighted by atomic mass is 16.3. The summed E-state index contributed by atoms with van der Waals surface area (Å²) >= 11 is 0. The van der Waals surface area contributed by atoms with Crippen LogP contribution in [0.4, 0.5) is 0 Å². The Morgan fingerprint density at radius 1 is 0.469 bits per heavy atom. The first-order valence-electron chi connectivity index (χ1n) is 23.0. The van der Waals surface area contributed by atoms with Gasteiger partial charge in [0.1, 0.15) is 11.2 Å². The predicted molar refractivity (Wildman–Crippen MR) is 268 cm³/mol. The van der Waals surface area contributed by atoms with E-state index in [1.54, 1.807) is 0 Å². The van der Waals surface area contributed by atoms with E-state index in [4.69, 9.17) is 9.41 Å². The molecule has 3 heteroatoms. The molecule has 64 heavy (non-hydrogen) atoms. The minimum Gasteiger partial charge on any atom is -0.456 e. The molecule has 1 saturated carbocycles. The highest BCUT2D eigenvalue weighted by molar-refractivity contribution is 6.15. The van der Waals surface area contributed by atoms with E-state index in [0.717, 1.165) is 29.7 Å². The summed E-state index contributed by atoms with van der Waals surface area (Å²) in [5.41, 5.74) is 10.6. The number of fused-ring (bicyclic) bond motifs is 12. The van der Waals surface area contributed by atoms with Crippen molar-refractivity contribution in [3.05, 3.63) is 211 Å². The molecule has 5 atom stereocenters. The monoisotopic (exact) mass is 820 g/mol. The Hall–Kier alpha value is -7.49. The SMILES string of the molecule is C[C@@H]1CC(c2cc(-n3c4ccccc4c4cc5ccccc5cc43)cc3oc4ccccc4c23)C2C[C@H]2C(c2ccc3c(ccc4ccccc43)c2)N=C1c1ccc2ccccc2c1. The molecule has 0 radical (unpaired) electrons. The van der Waals surface area contributed by atoms with E-state index in [1.807, 2.05) is 0 Å². The average Bonchev–Trinajstić information content (AvgIpc) is 3.92. The fourth-order valence-electron chi connectivity index (χ4n) is 11.9. The molecule has 10 aromatic carbocycles. The predicted octanol–water partition coefficient (Wildman–Crippen LogP) is 16.3. The van der Waals surface area contributed by atoms with Crippen molar-refractivity contribution in [3.63, 3.8) is 0 Å². The molecule has 3 nitrogen and oxygen atoms in total. The number of para-hydroxylation sites is 2. The maximum absolute atomic E-state index is 6.90. The molecule has 0 N–H and O–H groups in total. The summed E-state index contributed by atoms with van der Waals surface area (Å²) in [6.07, 6.45) is 2.13. The fraction of sp³-hybridized carbons (Fsp3) is 0.131. The minimum atomic E-state index is 0.0398. The number of nitrogens with zero attached hydrogens (tertiary/aromatic N) is 2. The first kappa shape index (κ1) is 36.0. The van der Waals surface area contributed by atoms with Gasteiger partial charge in [-0.05, 0) is 139 Å². The Labute approximate surface area is 370 Å². The van der Waals surface area contributed by atoms with Crippen LogP contribution in [0.2, 0.25) is 0 Å². The van der Waals surface area contributed by atoms with Crippen LogP contribution in [-0.2, 0) is 0 Å². The summed E-state index contributed by atoms with van der Waals surface area (Å²) in [7, 11) is 0. The van der Waals surface area contributed by atoms with Crippen molar-refractivity contribution in [3.8, 4) is 5.69 Å². The standard InChI is InChI=1S/C61H44N2O/c1-36-28-50(51-35-54(51)61(62-60(36)43-25-22-37-12-2-3-14-39(37)29-43)44-26-27-47-42(30-44)24-23-38-13-6-7-17-46(38)47)53-33-45(34-58-59(53)49-19-9-11-21-57(49)64-58)63-55-20-10-8-18-48(55)52-31-40-15-4-5-16-41(40)32-56(52)63/h2-27,29-34,36,50-51,54,61H,28,35H2,1H3/t36-,50?,51?,54-,61?/m1/s1. The summed E-state index contributed by atoms with van der Waals surface area (Å²) in [5.74, 6) is 1.37. The van der Waals surface area contributed by atoms with Gasteiger partial charge in [0.15, 0.2) is 0 Å². The first-order chi connectivity index (χ1) is 31.6. The van der Waals surface area contributed by atoms with Crippen molar-refractivity contribution in [1.82, 2.24) is 4.57 Å². The van der Waals surface area contributed by atoms with Gasteiger partial charge < -0.3 is 8.98 Å². The van der Waals surface area contributed by atoms with E-state index in [2.05, 4.69) is 206 Å². The van der Waals surface area contributed by atoms with Gasteiger partial charge in [-0.1, -0.05) is 153 Å². The second-order valence-electron chi connectivity index (χ2n) is 18.7. The Kier molecular flexibility index (Phi) is 7.74. The molecule has 1 fully saturated rings. The number of aliphatic imine (C=N–C) groups is 1. The molecule has 14 rings (SSSR count). The van der Waals surface area contributed by atoms with Crippen LogP contribution >= 0.6 is 0 Å². The number of hydrogen-bond donors (Lipinski definition) is 0. The second kappa shape index (κ2) is 13.8. The zero-order valence-electron chi connectivity index (χ0n) is 35.6. The van der Waals surface area contributed by atoms with Gasteiger partial charge in [0, 0.05) is 33.3 Å². The normalized spacial score (nSPS) is 20.1. The highest BCUT2D eigenvalue weighted by Crippen LogP contribution is 2.60. The molecule has 1 aliphatic carbocycles. The lowest BCUT2D eigenvalue weighted by Gasteiger charge is -2.29.